The average Bonchev–Trinajstić information content (AvgIpc) is 3.57. The molecule has 2 aromatic heterocycles. The summed E-state index contributed by atoms with van der Waals surface area (Å²) in [6.07, 6.45) is 8.69. The third kappa shape index (κ3) is 5.99. The van der Waals surface area contributed by atoms with Crippen molar-refractivity contribution in [1.82, 2.24) is 23.8 Å². The Labute approximate surface area is 241 Å². The molecule has 2 amide bonds. The van der Waals surface area contributed by atoms with E-state index in [0.29, 0.717) is 44.8 Å². The molecule has 216 valence electrons. The molecule has 9 nitrogen and oxygen atoms in total. The van der Waals surface area contributed by atoms with Gasteiger partial charge in [-0.25, -0.2) is 4.79 Å². The predicted molar refractivity (Wildman–Crippen MR) is 161 cm³/mol. The number of aryl methyl sites for hydroxylation is 2. The number of fused-ring (bicyclic) bond motifs is 2. The summed E-state index contributed by atoms with van der Waals surface area (Å²) in [5.41, 5.74) is 5.00. The van der Waals surface area contributed by atoms with E-state index in [0.717, 1.165) is 60.0 Å². The van der Waals surface area contributed by atoms with E-state index in [1.807, 2.05) is 58.8 Å². The number of benzene rings is 2. The lowest BCUT2D eigenvalue weighted by atomic mass is 10.0. The first-order chi connectivity index (χ1) is 19.9. The van der Waals surface area contributed by atoms with E-state index in [9.17, 15) is 14.4 Å². The first kappa shape index (κ1) is 28.4. The Morgan fingerprint density at radius 1 is 0.878 bits per heavy atom. The largest absolute Gasteiger partial charge is 0.334 e. The van der Waals surface area contributed by atoms with Crippen molar-refractivity contribution in [2.75, 3.05) is 18.0 Å². The number of aromatic nitrogens is 4. The molecular weight excluding hydrogens is 516 g/mol. The second kappa shape index (κ2) is 12.6. The molecule has 4 aromatic rings. The zero-order valence-electron chi connectivity index (χ0n) is 24.4. The van der Waals surface area contributed by atoms with Crippen molar-refractivity contribution < 1.29 is 9.59 Å². The van der Waals surface area contributed by atoms with Crippen LogP contribution in [0.2, 0.25) is 0 Å². The van der Waals surface area contributed by atoms with Gasteiger partial charge in [-0.3, -0.25) is 23.4 Å². The van der Waals surface area contributed by atoms with Crippen LogP contribution in [-0.2, 0) is 31.0 Å². The van der Waals surface area contributed by atoms with Gasteiger partial charge in [0.2, 0.25) is 5.91 Å². The van der Waals surface area contributed by atoms with E-state index >= 15 is 0 Å². The molecule has 0 fully saturated rings. The highest BCUT2D eigenvalue weighted by molar-refractivity contribution is 5.98. The van der Waals surface area contributed by atoms with Crippen LogP contribution in [0.4, 0.5) is 5.69 Å². The Kier molecular flexibility index (Phi) is 8.71. The lowest BCUT2D eigenvalue weighted by Crippen LogP contribution is -2.35. The van der Waals surface area contributed by atoms with Crippen LogP contribution in [0.5, 0.6) is 0 Å². The minimum Gasteiger partial charge on any atom is -0.334 e. The average molecular weight is 557 g/mol. The third-order valence-electron chi connectivity index (χ3n) is 8.08. The Morgan fingerprint density at radius 3 is 2.32 bits per heavy atom. The van der Waals surface area contributed by atoms with Gasteiger partial charge in [0.05, 0.1) is 17.6 Å². The standard InChI is InChI=1S/C32H40N6O3/c1-4-36-28-15-14-26(21-30(28)37(5-2)32(36)41)31(40)34-17-9-7-6-8-10-19-38(24(3)39)29-20-25(12-13-27(29)23-34)22-35-18-11-16-33-35/h11-16,18,20-21H,4-10,17,19,22-23H2,1-3H3. The first-order valence-corrected chi connectivity index (χ1v) is 14.8. The molecule has 0 N–H and O–H groups in total. The van der Waals surface area contributed by atoms with E-state index < -0.39 is 0 Å². The zero-order valence-corrected chi connectivity index (χ0v) is 24.4. The van der Waals surface area contributed by atoms with E-state index in [1.54, 1.807) is 22.3 Å². The van der Waals surface area contributed by atoms with E-state index in [-0.39, 0.29) is 17.5 Å². The van der Waals surface area contributed by atoms with Crippen LogP contribution in [0.1, 0.15) is 74.4 Å². The molecule has 41 heavy (non-hydrogen) atoms. The molecule has 3 heterocycles. The summed E-state index contributed by atoms with van der Waals surface area (Å²) >= 11 is 0. The van der Waals surface area contributed by atoms with Crippen LogP contribution in [0.15, 0.2) is 59.7 Å². The minimum atomic E-state index is -0.0655. The number of nitrogens with zero attached hydrogens (tertiary/aromatic N) is 6. The number of rotatable bonds is 5. The highest BCUT2D eigenvalue weighted by Gasteiger charge is 2.23. The second-order valence-corrected chi connectivity index (χ2v) is 10.8. The summed E-state index contributed by atoms with van der Waals surface area (Å²) < 4.78 is 5.34. The van der Waals surface area contributed by atoms with Crippen LogP contribution < -0.4 is 10.6 Å². The lowest BCUT2D eigenvalue weighted by Gasteiger charge is -2.29. The van der Waals surface area contributed by atoms with Gasteiger partial charge in [-0.1, -0.05) is 31.4 Å². The number of hydrogen-bond acceptors (Lipinski definition) is 4. The zero-order chi connectivity index (χ0) is 28.9. The van der Waals surface area contributed by atoms with Crippen molar-refractivity contribution in [3.63, 3.8) is 0 Å². The Balaban J connectivity index is 1.53. The summed E-state index contributed by atoms with van der Waals surface area (Å²) in [4.78, 5) is 43.6. The Morgan fingerprint density at radius 2 is 1.61 bits per heavy atom. The van der Waals surface area contributed by atoms with Crippen molar-refractivity contribution in [2.24, 2.45) is 0 Å². The SMILES string of the molecule is CCn1c(=O)n(CC)c2cc(C(=O)N3CCCCCCCN(C(C)=O)c4cc(Cn5cccn5)ccc4C3)ccc21. The molecule has 9 heteroatoms. The predicted octanol–water partition coefficient (Wildman–Crippen LogP) is 5.05. The normalized spacial score (nSPS) is 14.9. The van der Waals surface area contributed by atoms with Crippen LogP contribution in [0.3, 0.4) is 0 Å². The van der Waals surface area contributed by atoms with Crippen molar-refractivity contribution in [2.45, 2.75) is 79.1 Å². The fraction of sp³-hybridized carbons (Fsp3) is 0.438. The molecular formula is C32H40N6O3. The highest BCUT2D eigenvalue weighted by Crippen LogP contribution is 2.28. The second-order valence-electron chi connectivity index (χ2n) is 10.8. The molecule has 2 aromatic carbocycles. The van der Waals surface area contributed by atoms with Gasteiger partial charge < -0.3 is 9.80 Å². The number of carbonyl (C=O) groups is 2. The summed E-state index contributed by atoms with van der Waals surface area (Å²) in [7, 11) is 0. The molecule has 0 saturated carbocycles. The Hall–Kier alpha value is -4.14. The molecule has 1 aliphatic heterocycles. The third-order valence-corrected chi connectivity index (χ3v) is 8.08. The number of amides is 2. The molecule has 0 saturated heterocycles. The summed E-state index contributed by atoms with van der Waals surface area (Å²) in [6.45, 7) is 8.92. The van der Waals surface area contributed by atoms with Crippen LogP contribution >= 0.6 is 0 Å². The number of anilines is 1. The summed E-state index contributed by atoms with van der Waals surface area (Å²) in [6, 6.07) is 13.7. The highest BCUT2D eigenvalue weighted by atomic mass is 16.2. The molecule has 1 aliphatic rings. The van der Waals surface area contributed by atoms with E-state index in [4.69, 9.17) is 0 Å². The molecule has 0 atom stereocenters. The van der Waals surface area contributed by atoms with Gasteiger partial charge in [0.15, 0.2) is 0 Å². The van der Waals surface area contributed by atoms with Gasteiger partial charge in [0, 0.05) is 63.3 Å². The molecule has 0 bridgehead atoms. The molecule has 5 rings (SSSR count). The van der Waals surface area contributed by atoms with Gasteiger partial charge in [0.1, 0.15) is 0 Å². The monoisotopic (exact) mass is 556 g/mol. The molecule has 0 aliphatic carbocycles. The smallest absolute Gasteiger partial charge is 0.329 e. The Bertz CT molecular complexity index is 1580. The van der Waals surface area contributed by atoms with Gasteiger partial charge in [-0.2, -0.15) is 5.10 Å². The van der Waals surface area contributed by atoms with Crippen LogP contribution in [0.25, 0.3) is 11.0 Å². The van der Waals surface area contributed by atoms with Crippen molar-refractivity contribution in [3.05, 3.63) is 82.0 Å². The van der Waals surface area contributed by atoms with Gasteiger partial charge in [-0.15, -0.1) is 0 Å². The van der Waals surface area contributed by atoms with Crippen molar-refractivity contribution >= 4 is 28.5 Å². The van der Waals surface area contributed by atoms with Crippen LogP contribution in [-0.4, -0.2) is 48.7 Å². The molecule has 0 radical (unpaired) electrons. The topological polar surface area (TPSA) is 85.4 Å². The maximum absolute atomic E-state index is 14.1. The van der Waals surface area contributed by atoms with Crippen LogP contribution in [0, 0.1) is 0 Å². The van der Waals surface area contributed by atoms with Crippen molar-refractivity contribution in [1.29, 1.82) is 0 Å². The fourth-order valence-corrected chi connectivity index (χ4v) is 5.93. The maximum Gasteiger partial charge on any atom is 0.329 e. The summed E-state index contributed by atoms with van der Waals surface area (Å²) in [5.74, 6) is -0.0647. The summed E-state index contributed by atoms with van der Waals surface area (Å²) in [5, 5.41) is 4.34. The minimum absolute atomic E-state index is 0.000787. The first-order valence-electron chi connectivity index (χ1n) is 14.8. The quantitative estimate of drug-likeness (QED) is 0.345. The maximum atomic E-state index is 14.1. The molecule has 0 spiro atoms. The van der Waals surface area contributed by atoms with Gasteiger partial charge in [-0.05, 0) is 68.1 Å². The van der Waals surface area contributed by atoms with E-state index in [1.165, 1.54) is 0 Å². The molecule has 0 unspecified atom stereocenters. The lowest BCUT2D eigenvalue weighted by molar-refractivity contribution is -0.116. The number of hydrogen-bond donors (Lipinski definition) is 0. The fourth-order valence-electron chi connectivity index (χ4n) is 5.93. The number of imidazole rings is 1. The van der Waals surface area contributed by atoms with E-state index in [2.05, 4.69) is 23.3 Å². The van der Waals surface area contributed by atoms with Gasteiger partial charge >= 0.3 is 5.69 Å². The van der Waals surface area contributed by atoms with Gasteiger partial charge in [0.25, 0.3) is 5.91 Å². The number of carbonyl (C=O) groups excluding carboxylic acids is 2. The van der Waals surface area contributed by atoms with Crippen molar-refractivity contribution in [3.8, 4) is 0 Å².